The van der Waals surface area contributed by atoms with E-state index in [4.69, 9.17) is 9.47 Å². The first-order chi connectivity index (χ1) is 14.1. The van der Waals surface area contributed by atoms with Gasteiger partial charge in [0.2, 0.25) is 6.29 Å². The number of thiazole rings is 1. The van der Waals surface area contributed by atoms with Crippen LogP contribution in [0.3, 0.4) is 0 Å². The molecule has 0 amide bonds. The molecule has 0 bridgehead atoms. The number of hydrogen-bond acceptors (Lipinski definition) is 6. The molecule has 0 saturated carbocycles. The Morgan fingerprint density at radius 2 is 1.93 bits per heavy atom. The lowest BCUT2D eigenvalue weighted by molar-refractivity contribution is -0.134. The molecule has 1 aliphatic rings. The van der Waals surface area contributed by atoms with E-state index in [2.05, 4.69) is 4.98 Å². The number of halogens is 1. The van der Waals surface area contributed by atoms with E-state index in [0.717, 1.165) is 39.5 Å². The van der Waals surface area contributed by atoms with Crippen LogP contribution in [0.1, 0.15) is 5.69 Å². The Kier molecular flexibility index (Phi) is 5.99. The average molecular weight is 412 g/mol. The average Bonchev–Trinajstić information content (AvgIpc) is 3.11. The standard InChI is InChI=1S/C22H21FN2O3S/c1-15-21(29-22(24-15)17-2-6-18(23)7-3-17)16-4-8-19(9-5-16)28-20-14-25(10-12-26)11-13-27-20/h2-9,12,20H,10-11,13-14H2,1H3. The predicted molar refractivity (Wildman–Crippen MR) is 111 cm³/mol. The second-order valence-electron chi connectivity index (χ2n) is 6.81. The van der Waals surface area contributed by atoms with Crippen molar-refractivity contribution in [2.24, 2.45) is 0 Å². The van der Waals surface area contributed by atoms with Gasteiger partial charge in [0.05, 0.1) is 30.3 Å². The summed E-state index contributed by atoms with van der Waals surface area (Å²) in [6.07, 6.45) is 0.513. The molecular weight excluding hydrogens is 391 g/mol. The molecule has 0 aliphatic carbocycles. The van der Waals surface area contributed by atoms with Crippen molar-refractivity contribution >= 4 is 17.6 Å². The van der Waals surface area contributed by atoms with E-state index in [0.29, 0.717) is 25.4 Å². The van der Waals surface area contributed by atoms with Gasteiger partial charge in [-0.25, -0.2) is 9.37 Å². The van der Waals surface area contributed by atoms with Crippen LogP contribution in [0.5, 0.6) is 5.75 Å². The summed E-state index contributed by atoms with van der Waals surface area (Å²) in [4.78, 5) is 18.4. The second-order valence-corrected chi connectivity index (χ2v) is 7.81. The normalized spacial score (nSPS) is 17.2. The minimum atomic E-state index is -0.384. The lowest BCUT2D eigenvalue weighted by Crippen LogP contribution is -2.45. The van der Waals surface area contributed by atoms with Crippen LogP contribution >= 0.6 is 11.3 Å². The van der Waals surface area contributed by atoms with Crippen molar-refractivity contribution in [3.8, 4) is 26.8 Å². The summed E-state index contributed by atoms with van der Waals surface area (Å²) < 4.78 is 24.7. The van der Waals surface area contributed by atoms with Gasteiger partial charge in [0.1, 0.15) is 22.9 Å². The highest BCUT2D eigenvalue weighted by molar-refractivity contribution is 7.18. The summed E-state index contributed by atoms with van der Waals surface area (Å²) in [6.45, 7) is 4.21. The Balaban J connectivity index is 1.47. The van der Waals surface area contributed by atoms with Crippen molar-refractivity contribution in [1.29, 1.82) is 0 Å². The van der Waals surface area contributed by atoms with E-state index in [-0.39, 0.29) is 12.1 Å². The van der Waals surface area contributed by atoms with Gasteiger partial charge in [-0.3, -0.25) is 4.90 Å². The molecule has 1 unspecified atom stereocenters. The smallest absolute Gasteiger partial charge is 0.212 e. The minimum Gasteiger partial charge on any atom is -0.464 e. The summed E-state index contributed by atoms with van der Waals surface area (Å²) in [7, 11) is 0. The lowest BCUT2D eigenvalue weighted by Gasteiger charge is -2.31. The number of aromatic nitrogens is 1. The Bertz CT molecular complexity index is 973. The fraction of sp³-hybridized carbons (Fsp3) is 0.273. The van der Waals surface area contributed by atoms with E-state index in [1.165, 1.54) is 12.1 Å². The van der Waals surface area contributed by atoms with Crippen LogP contribution in [0, 0.1) is 12.7 Å². The number of carbonyl (C=O) groups is 1. The summed E-state index contributed by atoms with van der Waals surface area (Å²) in [5, 5.41) is 0.865. The topological polar surface area (TPSA) is 51.7 Å². The first kappa shape index (κ1) is 19.7. The van der Waals surface area contributed by atoms with Crippen LogP contribution in [0.25, 0.3) is 21.0 Å². The van der Waals surface area contributed by atoms with Gasteiger partial charge in [-0.15, -0.1) is 11.3 Å². The fourth-order valence-electron chi connectivity index (χ4n) is 3.23. The number of aldehydes is 1. The molecule has 150 valence electrons. The zero-order valence-electron chi connectivity index (χ0n) is 16.0. The SMILES string of the molecule is Cc1nc(-c2ccc(F)cc2)sc1-c1ccc(OC2CN(CC=O)CCO2)cc1. The number of hydrogen-bond donors (Lipinski definition) is 0. The maximum atomic E-state index is 13.2. The minimum absolute atomic E-state index is 0.255. The highest BCUT2D eigenvalue weighted by Gasteiger charge is 2.21. The van der Waals surface area contributed by atoms with Crippen molar-refractivity contribution in [2.45, 2.75) is 13.2 Å². The largest absolute Gasteiger partial charge is 0.464 e. The van der Waals surface area contributed by atoms with Crippen molar-refractivity contribution in [3.63, 3.8) is 0 Å². The summed E-state index contributed by atoms with van der Waals surface area (Å²) >= 11 is 1.58. The molecule has 5 nitrogen and oxygen atoms in total. The van der Waals surface area contributed by atoms with Crippen LogP contribution < -0.4 is 4.74 Å². The molecule has 7 heteroatoms. The third-order valence-electron chi connectivity index (χ3n) is 4.72. The molecule has 2 aromatic carbocycles. The van der Waals surface area contributed by atoms with Gasteiger partial charge in [0.15, 0.2) is 0 Å². The number of aryl methyl sites for hydroxylation is 1. The van der Waals surface area contributed by atoms with Gasteiger partial charge in [0, 0.05) is 12.1 Å². The van der Waals surface area contributed by atoms with Crippen molar-refractivity contribution in [3.05, 3.63) is 60.0 Å². The first-order valence-corrected chi connectivity index (χ1v) is 10.2. The summed E-state index contributed by atoms with van der Waals surface area (Å²) in [5.41, 5.74) is 2.89. The number of nitrogens with zero attached hydrogens (tertiary/aromatic N) is 2. The van der Waals surface area contributed by atoms with Crippen LogP contribution in [0.4, 0.5) is 4.39 Å². The molecule has 0 radical (unpaired) electrons. The first-order valence-electron chi connectivity index (χ1n) is 9.40. The molecule has 3 aromatic rings. The van der Waals surface area contributed by atoms with E-state index in [9.17, 15) is 9.18 Å². The summed E-state index contributed by atoms with van der Waals surface area (Å²) in [5.74, 6) is 0.460. The highest BCUT2D eigenvalue weighted by atomic mass is 32.1. The Hall–Kier alpha value is -2.61. The molecule has 0 N–H and O–H groups in total. The molecular formula is C22H21FN2O3S. The van der Waals surface area contributed by atoms with E-state index in [1.54, 1.807) is 23.5 Å². The van der Waals surface area contributed by atoms with Crippen LogP contribution in [0.2, 0.25) is 0 Å². The zero-order valence-corrected chi connectivity index (χ0v) is 16.8. The monoisotopic (exact) mass is 412 g/mol. The third kappa shape index (κ3) is 4.70. The summed E-state index contributed by atoms with van der Waals surface area (Å²) in [6, 6.07) is 14.2. The van der Waals surface area contributed by atoms with Crippen LogP contribution in [0.15, 0.2) is 48.5 Å². The molecule has 1 aliphatic heterocycles. The molecule has 0 spiro atoms. The van der Waals surface area contributed by atoms with Crippen molar-refractivity contribution < 1.29 is 18.7 Å². The zero-order chi connectivity index (χ0) is 20.2. The van der Waals surface area contributed by atoms with Gasteiger partial charge >= 0.3 is 0 Å². The van der Waals surface area contributed by atoms with E-state index in [1.807, 2.05) is 36.1 Å². The van der Waals surface area contributed by atoms with Gasteiger partial charge in [-0.1, -0.05) is 0 Å². The predicted octanol–water partition coefficient (Wildman–Crippen LogP) is 4.16. The second kappa shape index (κ2) is 8.82. The number of ether oxygens (including phenoxy) is 2. The number of rotatable bonds is 6. The molecule has 1 fully saturated rings. The molecule has 29 heavy (non-hydrogen) atoms. The molecule has 1 aromatic heterocycles. The highest BCUT2D eigenvalue weighted by Crippen LogP contribution is 2.36. The number of benzene rings is 2. The van der Waals surface area contributed by atoms with Gasteiger partial charge in [-0.2, -0.15) is 0 Å². The van der Waals surface area contributed by atoms with Crippen LogP contribution in [-0.2, 0) is 9.53 Å². The van der Waals surface area contributed by atoms with Crippen molar-refractivity contribution in [2.75, 3.05) is 26.2 Å². The molecule has 1 atom stereocenters. The molecule has 2 heterocycles. The number of carbonyl (C=O) groups excluding carboxylic acids is 1. The van der Waals surface area contributed by atoms with Crippen molar-refractivity contribution in [1.82, 2.24) is 9.88 Å². The quantitative estimate of drug-likeness (QED) is 0.569. The third-order valence-corrected chi connectivity index (χ3v) is 5.98. The fourth-order valence-corrected chi connectivity index (χ4v) is 4.30. The maximum Gasteiger partial charge on any atom is 0.212 e. The molecule has 4 rings (SSSR count). The lowest BCUT2D eigenvalue weighted by atomic mass is 10.1. The van der Waals surface area contributed by atoms with Crippen LogP contribution in [-0.4, -0.2) is 48.7 Å². The maximum absolute atomic E-state index is 13.2. The van der Waals surface area contributed by atoms with Gasteiger partial charge < -0.3 is 14.3 Å². The molecule has 1 saturated heterocycles. The van der Waals surface area contributed by atoms with E-state index >= 15 is 0 Å². The Morgan fingerprint density at radius 1 is 1.21 bits per heavy atom. The number of morpholine rings is 1. The van der Waals surface area contributed by atoms with Gasteiger partial charge in [0.25, 0.3) is 0 Å². The van der Waals surface area contributed by atoms with E-state index < -0.39 is 0 Å². The van der Waals surface area contributed by atoms with Gasteiger partial charge in [-0.05, 0) is 61.0 Å². The Labute approximate surface area is 172 Å². The Morgan fingerprint density at radius 3 is 2.66 bits per heavy atom.